The minimum Gasteiger partial charge on any atom is -0.387 e. The van der Waals surface area contributed by atoms with E-state index < -0.39 is 0 Å². The molecule has 0 bridgehead atoms. The number of amides is 1. The summed E-state index contributed by atoms with van der Waals surface area (Å²) in [5.41, 5.74) is 1.43. The molecule has 1 aliphatic rings. The number of halogens is 1. The van der Waals surface area contributed by atoms with E-state index in [0.29, 0.717) is 16.6 Å². The van der Waals surface area contributed by atoms with Gasteiger partial charge in [-0.05, 0) is 49.8 Å². The van der Waals surface area contributed by atoms with E-state index in [2.05, 4.69) is 17.6 Å². The van der Waals surface area contributed by atoms with Gasteiger partial charge in [-0.1, -0.05) is 18.5 Å². The van der Waals surface area contributed by atoms with Gasteiger partial charge in [0.25, 0.3) is 5.91 Å². The van der Waals surface area contributed by atoms with Crippen molar-refractivity contribution in [3.05, 3.63) is 28.8 Å². The summed E-state index contributed by atoms with van der Waals surface area (Å²) in [4.78, 5) is 12.3. The van der Waals surface area contributed by atoms with Crippen LogP contribution in [0, 0.1) is 5.92 Å². The average molecular weight is 281 g/mol. The Bertz CT molecular complexity index is 453. The van der Waals surface area contributed by atoms with Crippen molar-refractivity contribution in [3.63, 3.8) is 0 Å². The van der Waals surface area contributed by atoms with Crippen molar-refractivity contribution in [2.75, 3.05) is 12.4 Å². The molecular formula is C15H21ClN2O. The molecular weight excluding hydrogens is 260 g/mol. The van der Waals surface area contributed by atoms with Crippen molar-refractivity contribution < 1.29 is 4.79 Å². The van der Waals surface area contributed by atoms with Gasteiger partial charge in [0.1, 0.15) is 0 Å². The van der Waals surface area contributed by atoms with Crippen LogP contribution in [0.4, 0.5) is 5.69 Å². The molecule has 0 radical (unpaired) electrons. The van der Waals surface area contributed by atoms with Crippen LogP contribution in [0.5, 0.6) is 0 Å². The fourth-order valence-electron chi connectivity index (χ4n) is 2.59. The maximum absolute atomic E-state index is 12.3. The standard InChI is InChI=1S/C15H21ClN2O/c1-10-3-6-12(7-4-10)18-15(19)13-9-11(16)5-8-14(13)17-2/h5,8-10,12,17H,3-4,6-7H2,1-2H3,(H,18,19). The highest BCUT2D eigenvalue weighted by molar-refractivity contribution is 6.31. The molecule has 0 saturated heterocycles. The number of carbonyl (C=O) groups excluding carboxylic acids is 1. The van der Waals surface area contributed by atoms with Crippen LogP contribution >= 0.6 is 11.6 Å². The Hall–Kier alpha value is -1.22. The lowest BCUT2D eigenvalue weighted by atomic mass is 9.87. The largest absolute Gasteiger partial charge is 0.387 e. The van der Waals surface area contributed by atoms with Gasteiger partial charge in [-0.3, -0.25) is 4.79 Å². The minimum atomic E-state index is -0.0357. The lowest BCUT2D eigenvalue weighted by molar-refractivity contribution is 0.0924. The number of hydrogen-bond acceptors (Lipinski definition) is 2. The fraction of sp³-hybridized carbons (Fsp3) is 0.533. The van der Waals surface area contributed by atoms with E-state index in [0.717, 1.165) is 24.4 Å². The molecule has 104 valence electrons. The highest BCUT2D eigenvalue weighted by Crippen LogP contribution is 2.25. The quantitative estimate of drug-likeness (QED) is 0.887. The summed E-state index contributed by atoms with van der Waals surface area (Å²) in [6.45, 7) is 2.27. The van der Waals surface area contributed by atoms with Gasteiger partial charge in [0.05, 0.1) is 5.56 Å². The van der Waals surface area contributed by atoms with Gasteiger partial charge < -0.3 is 10.6 Å². The van der Waals surface area contributed by atoms with Crippen LogP contribution in [0.25, 0.3) is 0 Å². The van der Waals surface area contributed by atoms with Crippen LogP contribution in [0.3, 0.4) is 0 Å². The Morgan fingerprint density at radius 3 is 2.58 bits per heavy atom. The number of carbonyl (C=O) groups is 1. The number of benzene rings is 1. The van der Waals surface area contributed by atoms with E-state index in [4.69, 9.17) is 11.6 Å². The molecule has 0 heterocycles. The third-order valence-corrected chi connectivity index (χ3v) is 4.08. The minimum absolute atomic E-state index is 0.0357. The van der Waals surface area contributed by atoms with Crippen molar-refractivity contribution in [2.45, 2.75) is 38.6 Å². The molecule has 4 heteroatoms. The highest BCUT2D eigenvalue weighted by Gasteiger charge is 2.21. The summed E-state index contributed by atoms with van der Waals surface area (Å²) >= 11 is 5.97. The van der Waals surface area contributed by atoms with Crippen molar-refractivity contribution in [2.24, 2.45) is 5.92 Å². The van der Waals surface area contributed by atoms with Gasteiger partial charge >= 0.3 is 0 Å². The van der Waals surface area contributed by atoms with E-state index in [1.165, 1.54) is 12.8 Å². The molecule has 1 aromatic carbocycles. The van der Waals surface area contributed by atoms with Gasteiger partial charge in [-0.2, -0.15) is 0 Å². The van der Waals surface area contributed by atoms with E-state index in [1.54, 1.807) is 12.1 Å². The maximum Gasteiger partial charge on any atom is 0.253 e. The van der Waals surface area contributed by atoms with Crippen molar-refractivity contribution in [1.29, 1.82) is 0 Å². The fourth-order valence-corrected chi connectivity index (χ4v) is 2.76. The summed E-state index contributed by atoms with van der Waals surface area (Å²) in [5, 5.41) is 6.73. The molecule has 1 aromatic rings. The zero-order chi connectivity index (χ0) is 13.8. The second-order valence-electron chi connectivity index (χ2n) is 5.37. The maximum atomic E-state index is 12.3. The Kier molecular flexibility index (Phi) is 4.70. The Labute approximate surface area is 119 Å². The van der Waals surface area contributed by atoms with Crippen LogP contribution < -0.4 is 10.6 Å². The van der Waals surface area contributed by atoms with E-state index in [-0.39, 0.29) is 5.91 Å². The number of rotatable bonds is 3. The smallest absolute Gasteiger partial charge is 0.253 e. The van der Waals surface area contributed by atoms with Gasteiger partial charge in [0.15, 0.2) is 0 Å². The molecule has 1 aliphatic carbocycles. The molecule has 1 fully saturated rings. The van der Waals surface area contributed by atoms with Crippen LogP contribution in [-0.4, -0.2) is 19.0 Å². The van der Waals surface area contributed by atoms with Crippen molar-refractivity contribution in [1.82, 2.24) is 5.32 Å². The third kappa shape index (κ3) is 3.63. The third-order valence-electron chi connectivity index (χ3n) is 3.85. The molecule has 0 atom stereocenters. The molecule has 0 spiro atoms. The lowest BCUT2D eigenvalue weighted by Gasteiger charge is -2.27. The molecule has 2 rings (SSSR count). The summed E-state index contributed by atoms with van der Waals surface area (Å²) in [7, 11) is 1.81. The molecule has 3 nitrogen and oxygen atoms in total. The summed E-state index contributed by atoms with van der Waals surface area (Å²) in [6, 6.07) is 5.63. The number of nitrogens with one attached hydrogen (secondary N) is 2. The molecule has 1 saturated carbocycles. The normalized spacial score (nSPS) is 22.9. The number of anilines is 1. The highest BCUT2D eigenvalue weighted by atomic mass is 35.5. The predicted octanol–water partition coefficient (Wildman–Crippen LogP) is 3.69. The lowest BCUT2D eigenvalue weighted by Crippen LogP contribution is -2.37. The molecule has 0 aliphatic heterocycles. The number of hydrogen-bond donors (Lipinski definition) is 2. The second kappa shape index (κ2) is 6.29. The monoisotopic (exact) mass is 280 g/mol. The zero-order valence-corrected chi connectivity index (χ0v) is 12.3. The topological polar surface area (TPSA) is 41.1 Å². The molecule has 0 aromatic heterocycles. The van der Waals surface area contributed by atoms with Crippen molar-refractivity contribution in [3.8, 4) is 0 Å². The first-order valence-corrected chi connectivity index (χ1v) is 7.26. The first-order chi connectivity index (χ1) is 9.10. The molecule has 1 amide bonds. The first kappa shape index (κ1) is 14.2. The SMILES string of the molecule is CNc1ccc(Cl)cc1C(=O)NC1CCC(C)CC1. The second-order valence-corrected chi connectivity index (χ2v) is 5.81. The predicted molar refractivity (Wildman–Crippen MR) is 79.9 cm³/mol. The average Bonchev–Trinajstić information content (AvgIpc) is 2.41. The molecule has 0 unspecified atom stereocenters. The zero-order valence-electron chi connectivity index (χ0n) is 11.5. The Morgan fingerprint density at radius 1 is 1.26 bits per heavy atom. The summed E-state index contributed by atoms with van der Waals surface area (Å²) in [5.74, 6) is 0.749. The summed E-state index contributed by atoms with van der Waals surface area (Å²) in [6.07, 6.45) is 4.53. The van der Waals surface area contributed by atoms with E-state index in [9.17, 15) is 4.79 Å². The molecule has 19 heavy (non-hydrogen) atoms. The van der Waals surface area contributed by atoms with E-state index >= 15 is 0 Å². The van der Waals surface area contributed by atoms with Gasteiger partial charge in [0.2, 0.25) is 0 Å². The van der Waals surface area contributed by atoms with Gasteiger partial charge in [-0.25, -0.2) is 0 Å². The van der Waals surface area contributed by atoms with Gasteiger partial charge in [0, 0.05) is 23.8 Å². The van der Waals surface area contributed by atoms with E-state index in [1.807, 2.05) is 13.1 Å². The van der Waals surface area contributed by atoms with Crippen LogP contribution in [-0.2, 0) is 0 Å². The molecule has 2 N–H and O–H groups in total. The Morgan fingerprint density at radius 2 is 1.95 bits per heavy atom. The van der Waals surface area contributed by atoms with Crippen molar-refractivity contribution >= 4 is 23.2 Å². The Balaban J connectivity index is 2.05. The van der Waals surface area contributed by atoms with Crippen LogP contribution in [0.15, 0.2) is 18.2 Å². The van der Waals surface area contributed by atoms with Crippen LogP contribution in [0.1, 0.15) is 43.0 Å². The van der Waals surface area contributed by atoms with Crippen LogP contribution in [0.2, 0.25) is 5.02 Å². The van der Waals surface area contributed by atoms with Gasteiger partial charge in [-0.15, -0.1) is 0 Å². The first-order valence-electron chi connectivity index (χ1n) is 6.88. The summed E-state index contributed by atoms with van der Waals surface area (Å²) < 4.78 is 0.